The largest absolute Gasteiger partial charge is 0.388 e. The Labute approximate surface area is 115 Å². The number of halogens is 1. The predicted octanol–water partition coefficient (Wildman–Crippen LogP) is 3.29. The average molecular weight is 265 g/mol. The number of benzene rings is 1. The van der Waals surface area contributed by atoms with Gasteiger partial charge in [-0.15, -0.1) is 0 Å². The van der Waals surface area contributed by atoms with Crippen molar-refractivity contribution in [2.24, 2.45) is 5.92 Å². The van der Waals surface area contributed by atoms with E-state index >= 15 is 0 Å². The Morgan fingerprint density at radius 1 is 1.37 bits per heavy atom. The monoisotopic (exact) mass is 265 g/mol. The van der Waals surface area contributed by atoms with Crippen molar-refractivity contribution in [2.75, 3.05) is 19.6 Å². The number of aryl methyl sites for hydroxylation is 1. The summed E-state index contributed by atoms with van der Waals surface area (Å²) in [4.78, 5) is 2.40. The van der Waals surface area contributed by atoms with Gasteiger partial charge in [-0.2, -0.15) is 0 Å². The van der Waals surface area contributed by atoms with Gasteiger partial charge in [-0.05, 0) is 62.4 Å². The highest BCUT2D eigenvalue weighted by Crippen LogP contribution is 2.21. The second-order valence-corrected chi connectivity index (χ2v) is 5.84. The first-order chi connectivity index (χ1) is 9.06. The molecule has 1 fully saturated rings. The highest BCUT2D eigenvalue weighted by Gasteiger charge is 2.17. The van der Waals surface area contributed by atoms with Crippen LogP contribution in [0, 0.1) is 18.7 Å². The molecule has 1 aromatic carbocycles. The van der Waals surface area contributed by atoms with E-state index in [0.29, 0.717) is 17.5 Å². The van der Waals surface area contributed by atoms with E-state index in [9.17, 15) is 9.50 Å². The molecule has 1 N–H and O–H groups in total. The van der Waals surface area contributed by atoms with Gasteiger partial charge in [0.2, 0.25) is 0 Å². The molecule has 0 bridgehead atoms. The maximum absolute atomic E-state index is 13.5. The molecule has 1 heterocycles. The Balaban J connectivity index is 1.83. The number of aliphatic hydroxyl groups excluding tert-OH is 1. The highest BCUT2D eigenvalue weighted by molar-refractivity contribution is 5.24. The zero-order chi connectivity index (χ0) is 13.8. The minimum Gasteiger partial charge on any atom is -0.388 e. The lowest BCUT2D eigenvalue weighted by Crippen LogP contribution is -2.34. The maximum atomic E-state index is 13.5. The molecule has 0 saturated carbocycles. The SMILES string of the molecule is Cc1ccc(C(O)CCN2CCC(C)CC2)cc1F. The number of aliphatic hydroxyl groups is 1. The number of hydrogen-bond donors (Lipinski definition) is 1. The molecule has 106 valence electrons. The molecule has 0 radical (unpaired) electrons. The molecule has 3 heteroatoms. The first-order valence-corrected chi connectivity index (χ1v) is 7.22. The van der Waals surface area contributed by atoms with Crippen LogP contribution >= 0.6 is 0 Å². The Morgan fingerprint density at radius 2 is 2.05 bits per heavy atom. The molecule has 2 nitrogen and oxygen atoms in total. The Morgan fingerprint density at radius 3 is 2.68 bits per heavy atom. The quantitative estimate of drug-likeness (QED) is 0.903. The average Bonchev–Trinajstić information content (AvgIpc) is 2.41. The van der Waals surface area contributed by atoms with Gasteiger partial charge in [-0.3, -0.25) is 0 Å². The standard InChI is InChI=1S/C16H24FNO/c1-12-5-8-18(9-6-12)10-7-16(19)14-4-3-13(2)15(17)11-14/h3-4,11-12,16,19H,5-10H2,1-2H3. The van der Waals surface area contributed by atoms with Crippen molar-refractivity contribution in [1.29, 1.82) is 0 Å². The zero-order valence-electron chi connectivity index (χ0n) is 11.9. The molecular weight excluding hydrogens is 241 g/mol. The van der Waals surface area contributed by atoms with E-state index in [0.717, 1.165) is 25.6 Å². The molecule has 1 saturated heterocycles. The fourth-order valence-corrected chi connectivity index (χ4v) is 2.57. The van der Waals surface area contributed by atoms with Crippen molar-refractivity contribution in [3.8, 4) is 0 Å². The minimum atomic E-state index is -0.561. The lowest BCUT2D eigenvalue weighted by molar-refractivity contribution is 0.125. The van der Waals surface area contributed by atoms with Gasteiger partial charge in [0.1, 0.15) is 5.82 Å². The van der Waals surface area contributed by atoms with Gasteiger partial charge >= 0.3 is 0 Å². The molecular formula is C16H24FNO. The molecule has 1 aliphatic heterocycles. The summed E-state index contributed by atoms with van der Waals surface area (Å²) in [7, 11) is 0. The van der Waals surface area contributed by atoms with Gasteiger partial charge < -0.3 is 10.0 Å². The molecule has 0 amide bonds. The van der Waals surface area contributed by atoms with Crippen molar-refractivity contribution in [1.82, 2.24) is 4.90 Å². The smallest absolute Gasteiger partial charge is 0.126 e. The molecule has 1 unspecified atom stereocenters. The Bertz CT molecular complexity index is 413. The molecule has 19 heavy (non-hydrogen) atoms. The first kappa shape index (κ1) is 14.5. The molecule has 2 rings (SSSR count). The van der Waals surface area contributed by atoms with Crippen LogP contribution < -0.4 is 0 Å². The van der Waals surface area contributed by atoms with Crippen molar-refractivity contribution in [3.05, 3.63) is 35.1 Å². The van der Waals surface area contributed by atoms with E-state index < -0.39 is 6.10 Å². The molecule has 1 aliphatic rings. The summed E-state index contributed by atoms with van der Waals surface area (Å²) in [6.07, 6.45) is 2.61. The van der Waals surface area contributed by atoms with E-state index in [1.807, 2.05) is 6.07 Å². The van der Waals surface area contributed by atoms with Gasteiger partial charge in [-0.1, -0.05) is 19.1 Å². The topological polar surface area (TPSA) is 23.5 Å². The van der Waals surface area contributed by atoms with E-state index in [-0.39, 0.29) is 5.82 Å². The first-order valence-electron chi connectivity index (χ1n) is 7.22. The van der Waals surface area contributed by atoms with E-state index in [1.54, 1.807) is 13.0 Å². The normalized spacial score (nSPS) is 19.6. The van der Waals surface area contributed by atoms with Crippen LogP contribution in [-0.4, -0.2) is 29.6 Å². The second kappa shape index (κ2) is 6.49. The highest BCUT2D eigenvalue weighted by atomic mass is 19.1. The number of nitrogens with zero attached hydrogens (tertiary/aromatic N) is 1. The van der Waals surface area contributed by atoms with E-state index in [1.165, 1.54) is 18.9 Å². The van der Waals surface area contributed by atoms with Crippen LogP contribution in [0.2, 0.25) is 0 Å². The van der Waals surface area contributed by atoms with Gasteiger partial charge in [0.15, 0.2) is 0 Å². The Kier molecular flexibility index (Phi) is 4.94. The number of likely N-dealkylation sites (tertiary alicyclic amines) is 1. The summed E-state index contributed by atoms with van der Waals surface area (Å²) in [5.41, 5.74) is 1.31. The lowest BCUT2D eigenvalue weighted by Gasteiger charge is -2.30. The second-order valence-electron chi connectivity index (χ2n) is 5.84. The van der Waals surface area contributed by atoms with Crippen LogP contribution in [0.4, 0.5) is 4.39 Å². The number of piperidine rings is 1. The van der Waals surface area contributed by atoms with Crippen molar-refractivity contribution >= 4 is 0 Å². The molecule has 1 aromatic rings. The van der Waals surface area contributed by atoms with E-state index in [4.69, 9.17) is 0 Å². The van der Waals surface area contributed by atoms with Gasteiger partial charge in [0, 0.05) is 6.54 Å². The molecule has 0 aliphatic carbocycles. The molecule has 1 atom stereocenters. The lowest BCUT2D eigenvalue weighted by atomic mass is 9.98. The van der Waals surface area contributed by atoms with Gasteiger partial charge in [-0.25, -0.2) is 4.39 Å². The predicted molar refractivity (Wildman–Crippen MR) is 75.6 cm³/mol. The third-order valence-corrected chi connectivity index (χ3v) is 4.18. The van der Waals surface area contributed by atoms with Crippen LogP contribution in [-0.2, 0) is 0 Å². The summed E-state index contributed by atoms with van der Waals surface area (Å²) in [5.74, 6) is 0.593. The van der Waals surface area contributed by atoms with Crippen LogP contribution in [0.15, 0.2) is 18.2 Å². The van der Waals surface area contributed by atoms with E-state index in [2.05, 4.69) is 11.8 Å². The third-order valence-electron chi connectivity index (χ3n) is 4.18. The fraction of sp³-hybridized carbons (Fsp3) is 0.625. The minimum absolute atomic E-state index is 0.233. The van der Waals surface area contributed by atoms with Crippen molar-refractivity contribution in [2.45, 2.75) is 39.2 Å². The van der Waals surface area contributed by atoms with Crippen LogP contribution in [0.25, 0.3) is 0 Å². The van der Waals surface area contributed by atoms with Crippen LogP contribution in [0.5, 0.6) is 0 Å². The van der Waals surface area contributed by atoms with Crippen LogP contribution in [0.3, 0.4) is 0 Å². The number of hydrogen-bond acceptors (Lipinski definition) is 2. The summed E-state index contributed by atoms with van der Waals surface area (Å²) in [5, 5.41) is 10.1. The summed E-state index contributed by atoms with van der Waals surface area (Å²) < 4.78 is 13.5. The maximum Gasteiger partial charge on any atom is 0.126 e. The number of rotatable bonds is 4. The summed E-state index contributed by atoms with van der Waals surface area (Å²) in [6.45, 7) is 7.16. The van der Waals surface area contributed by atoms with Crippen molar-refractivity contribution < 1.29 is 9.50 Å². The summed E-state index contributed by atoms with van der Waals surface area (Å²) >= 11 is 0. The van der Waals surface area contributed by atoms with Crippen molar-refractivity contribution in [3.63, 3.8) is 0 Å². The third kappa shape index (κ3) is 4.02. The summed E-state index contributed by atoms with van der Waals surface area (Å²) in [6, 6.07) is 5.01. The zero-order valence-corrected chi connectivity index (χ0v) is 11.9. The van der Waals surface area contributed by atoms with Gasteiger partial charge in [0.25, 0.3) is 0 Å². The van der Waals surface area contributed by atoms with Crippen LogP contribution in [0.1, 0.15) is 43.4 Å². The Hall–Kier alpha value is -0.930. The van der Waals surface area contributed by atoms with Gasteiger partial charge in [0.05, 0.1) is 6.10 Å². The molecule has 0 spiro atoms. The fourth-order valence-electron chi connectivity index (χ4n) is 2.57. The molecule has 0 aromatic heterocycles.